The highest BCUT2D eigenvalue weighted by atomic mass is 16.5. The Bertz CT molecular complexity index is 676. The molecule has 0 aliphatic rings. The molecule has 0 atom stereocenters. The zero-order valence-corrected chi connectivity index (χ0v) is 10.8. The topological polar surface area (TPSA) is 39.9 Å². The van der Waals surface area contributed by atoms with Crippen molar-refractivity contribution in [2.24, 2.45) is 0 Å². The lowest BCUT2D eigenvalue weighted by Crippen LogP contribution is -2.02. The molecule has 0 fully saturated rings. The summed E-state index contributed by atoms with van der Waals surface area (Å²) in [7, 11) is 1.72. The van der Waals surface area contributed by atoms with Gasteiger partial charge in [0.25, 0.3) is 0 Å². The fraction of sp³-hybridized carbons (Fsp3) is 0.200. The lowest BCUT2D eigenvalue weighted by atomic mass is 10.1. The second kappa shape index (κ2) is 5.20. The molecule has 19 heavy (non-hydrogen) atoms. The Labute approximate surface area is 111 Å². The first kappa shape index (κ1) is 11.9. The van der Waals surface area contributed by atoms with Gasteiger partial charge in [0.2, 0.25) is 0 Å². The molecule has 4 nitrogen and oxygen atoms in total. The van der Waals surface area contributed by atoms with Gasteiger partial charge >= 0.3 is 0 Å². The van der Waals surface area contributed by atoms with E-state index in [2.05, 4.69) is 20.7 Å². The van der Waals surface area contributed by atoms with Gasteiger partial charge in [0.15, 0.2) is 0 Å². The fourth-order valence-corrected chi connectivity index (χ4v) is 2.27. The number of nitrogens with zero attached hydrogens (tertiary/aromatic N) is 3. The van der Waals surface area contributed by atoms with E-state index in [0.717, 1.165) is 12.1 Å². The molecule has 0 radical (unpaired) electrons. The first-order chi connectivity index (χ1) is 9.40. The smallest absolute Gasteiger partial charge is 0.0674 e. The van der Waals surface area contributed by atoms with E-state index in [0.29, 0.717) is 6.61 Å². The third-order valence-electron chi connectivity index (χ3n) is 3.21. The summed E-state index contributed by atoms with van der Waals surface area (Å²) in [4.78, 5) is 8.28. The number of pyridine rings is 2. The fourth-order valence-electron chi connectivity index (χ4n) is 2.27. The summed E-state index contributed by atoms with van der Waals surface area (Å²) in [5.41, 5.74) is 3.50. The van der Waals surface area contributed by atoms with Gasteiger partial charge in [-0.25, -0.2) is 0 Å². The Kier molecular flexibility index (Phi) is 3.25. The van der Waals surface area contributed by atoms with Crippen LogP contribution in [0.4, 0.5) is 0 Å². The highest BCUT2D eigenvalue weighted by Crippen LogP contribution is 2.29. The van der Waals surface area contributed by atoms with Crippen LogP contribution >= 0.6 is 0 Å². The Hall–Kier alpha value is -2.20. The Morgan fingerprint density at radius 3 is 2.68 bits per heavy atom. The predicted octanol–water partition coefficient (Wildman–Crippen LogP) is 2.74. The molecule has 0 aliphatic heterocycles. The minimum atomic E-state index is 0.689. The molecule has 0 aliphatic carbocycles. The molecule has 0 unspecified atom stereocenters. The van der Waals surface area contributed by atoms with E-state index < -0.39 is 0 Å². The van der Waals surface area contributed by atoms with Crippen LogP contribution in [0.1, 0.15) is 0 Å². The van der Waals surface area contributed by atoms with Gasteiger partial charge in [0.05, 0.1) is 18.3 Å². The van der Waals surface area contributed by atoms with Crippen molar-refractivity contribution in [2.45, 2.75) is 6.54 Å². The van der Waals surface area contributed by atoms with Crippen LogP contribution in [0.2, 0.25) is 0 Å². The molecular weight excluding hydrogens is 238 g/mol. The molecule has 96 valence electrons. The van der Waals surface area contributed by atoms with Crippen LogP contribution in [0, 0.1) is 0 Å². The second-order valence-electron chi connectivity index (χ2n) is 4.36. The average Bonchev–Trinajstić information content (AvgIpc) is 2.85. The third kappa shape index (κ3) is 2.22. The van der Waals surface area contributed by atoms with Crippen molar-refractivity contribution in [3.8, 4) is 11.1 Å². The predicted molar refractivity (Wildman–Crippen MR) is 74.8 cm³/mol. The minimum absolute atomic E-state index is 0.689. The van der Waals surface area contributed by atoms with Crippen molar-refractivity contribution >= 4 is 10.9 Å². The van der Waals surface area contributed by atoms with Crippen molar-refractivity contribution < 1.29 is 4.74 Å². The van der Waals surface area contributed by atoms with Crippen LogP contribution < -0.4 is 0 Å². The number of rotatable bonds is 4. The quantitative estimate of drug-likeness (QED) is 0.717. The van der Waals surface area contributed by atoms with Gasteiger partial charge in [0, 0.05) is 49.4 Å². The molecule has 3 aromatic rings. The zero-order valence-electron chi connectivity index (χ0n) is 10.8. The molecule has 0 spiro atoms. The molecule has 3 rings (SSSR count). The van der Waals surface area contributed by atoms with Crippen LogP contribution in [0.15, 0.2) is 49.2 Å². The molecule has 4 heteroatoms. The van der Waals surface area contributed by atoms with Crippen LogP contribution in [0.3, 0.4) is 0 Å². The number of hydrogen-bond donors (Lipinski definition) is 0. The van der Waals surface area contributed by atoms with Gasteiger partial charge in [-0.05, 0) is 23.8 Å². The van der Waals surface area contributed by atoms with Gasteiger partial charge in [-0.1, -0.05) is 0 Å². The molecule has 3 heterocycles. The van der Waals surface area contributed by atoms with Crippen LogP contribution in [0.5, 0.6) is 0 Å². The first-order valence-electron chi connectivity index (χ1n) is 6.22. The minimum Gasteiger partial charge on any atom is -0.383 e. The van der Waals surface area contributed by atoms with Gasteiger partial charge in [-0.2, -0.15) is 0 Å². The van der Waals surface area contributed by atoms with Gasteiger partial charge in [-0.15, -0.1) is 0 Å². The summed E-state index contributed by atoms with van der Waals surface area (Å²) >= 11 is 0. The lowest BCUT2D eigenvalue weighted by Gasteiger charge is -2.02. The van der Waals surface area contributed by atoms with Crippen LogP contribution in [-0.2, 0) is 11.3 Å². The number of hydrogen-bond acceptors (Lipinski definition) is 3. The summed E-state index contributed by atoms with van der Waals surface area (Å²) in [5, 5.41) is 1.21. The highest BCUT2D eigenvalue weighted by Gasteiger charge is 2.09. The van der Waals surface area contributed by atoms with Crippen molar-refractivity contribution in [2.75, 3.05) is 13.7 Å². The Morgan fingerprint density at radius 2 is 1.89 bits per heavy atom. The van der Waals surface area contributed by atoms with Crippen molar-refractivity contribution in [1.29, 1.82) is 0 Å². The van der Waals surface area contributed by atoms with Crippen molar-refractivity contribution in [3.05, 3.63) is 49.2 Å². The molecule has 0 saturated carbocycles. The van der Waals surface area contributed by atoms with Crippen molar-refractivity contribution in [1.82, 2.24) is 14.5 Å². The average molecular weight is 253 g/mol. The zero-order chi connectivity index (χ0) is 13.1. The highest BCUT2D eigenvalue weighted by molar-refractivity contribution is 5.95. The summed E-state index contributed by atoms with van der Waals surface area (Å²) in [5.74, 6) is 0. The van der Waals surface area contributed by atoms with E-state index >= 15 is 0 Å². The summed E-state index contributed by atoms with van der Waals surface area (Å²) in [6, 6.07) is 6.10. The second-order valence-corrected chi connectivity index (χ2v) is 4.36. The maximum absolute atomic E-state index is 5.16. The molecule has 0 bridgehead atoms. The van der Waals surface area contributed by atoms with Crippen LogP contribution in [0.25, 0.3) is 22.0 Å². The van der Waals surface area contributed by atoms with E-state index in [9.17, 15) is 0 Å². The summed E-state index contributed by atoms with van der Waals surface area (Å²) in [6.07, 6.45) is 9.51. The molecule has 0 saturated heterocycles. The largest absolute Gasteiger partial charge is 0.383 e. The SMILES string of the molecule is COCCn1cc(-c2ccncc2)c2ccncc21. The molecular formula is C15H15N3O. The van der Waals surface area contributed by atoms with E-state index in [1.54, 1.807) is 7.11 Å². The number of aromatic nitrogens is 3. The third-order valence-corrected chi connectivity index (χ3v) is 3.21. The van der Waals surface area contributed by atoms with E-state index in [-0.39, 0.29) is 0 Å². The summed E-state index contributed by atoms with van der Waals surface area (Å²) < 4.78 is 7.34. The maximum atomic E-state index is 5.16. The molecule has 0 amide bonds. The van der Waals surface area contributed by atoms with Gasteiger partial charge < -0.3 is 9.30 Å². The Morgan fingerprint density at radius 1 is 1.11 bits per heavy atom. The standard InChI is InChI=1S/C15H15N3O/c1-19-9-8-18-11-14(12-2-5-16-6-3-12)13-4-7-17-10-15(13)18/h2-7,10-11H,8-9H2,1H3. The number of ether oxygens (including phenoxy) is 1. The van der Waals surface area contributed by atoms with Gasteiger partial charge in [-0.3, -0.25) is 9.97 Å². The summed E-state index contributed by atoms with van der Waals surface area (Å²) in [6.45, 7) is 1.51. The number of methoxy groups -OCH3 is 1. The maximum Gasteiger partial charge on any atom is 0.0674 e. The number of fused-ring (bicyclic) bond motifs is 1. The van der Waals surface area contributed by atoms with E-state index in [1.807, 2.05) is 43.0 Å². The van der Waals surface area contributed by atoms with Crippen LogP contribution in [-0.4, -0.2) is 28.3 Å². The monoisotopic (exact) mass is 253 g/mol. The first-order valence-corrected chi connectivity index (χ1v) is 6.22. The Balaban J connectivity index is 2.15. The van der Waals surface area contributed by atoms with E-state index in [1.165, 1.54) is 16.5 Å². The molecule has 3 aromatic heterocycles. The van der Waals surface area contributed by atoms with Gasteiger partial charge in [0.1, 0.15) is 0 Å². The van der Waals surface area contributed by atoms with E-state index in [4.69, 9.17) is 4.74 Å². The normalized spacial score (nSPS) is 11.0. The molecule has 0 aromatic carbocycles. The van der Waals surface area contributed by atoms with Crippen molar-refractivity contribution in [3.63, 3.8) is 0 Å². The molecule has 0 N–H and O–H groups in total. The lowest BCUT2D eigenvalue weighted by molar-refractivity contribution is 0.188.